The average molecular weight is 312 g/mol. The normalized spacial score (nSPS) is 29.5. The van der Waals surface area contributed by atoms with Gasteiger partial charge in [-0.3, -0.25) is 10.1 Å². The van der Waals surface area contributed by atoms with Gasteiger partial charge in [-0.25, -0.2) is 8.42 Å². The van der Waals surface area contributed by atoms with E-state index in [1.807, 2.05) is 0 Å². The highest BCUT2D eigenvalue weighted by molar-refractivity contribution is 7.89. The van der Waals surface area contributed by atoms with Crippen LogP contribution in [-0.2, 0) is 10.0 Å². The van der Waals surface area contributed by atoms with Crippen LogP contribution in [0, 0.1) is 10.1 Å². The molecule has 0 aromatic heterocycles. The van der Waals surface area contributed by atoms with Gasteiger partial charge in [0.15, 0.2) is 4.90 Å². The summed E-state index contributed by atoms with van der Waals surface area (Å²) in [6.45, 7) is 0. The predicted octanol–water partition coefficient (Wildman–Crippen LogP) is 1.27. The van der Waals surface area contributed by atoms with Crippen molar-refractivity contribution in [2.24, 2.45) is 0 Å². The van der Waals surface area contributed by atoms with Crippen LogP contribution in [0.5, 0.6) is 0 Å². The van der Waals surface area contributed by atoms with Crippen molar-refractivity contribution in [1.29, 1.82) is 0 Å². The van der Waals surface area contributed by atoms with Crippen LogP contribution in [0.2, 0.25) is 0 Å². The van der Waals surface area contributed by atoms with E-state index >= 15 is 0 Å². The molecule has 2 aliphatic rings. The van der Waals surface area contributed by atoms with Crippen molar-refractivity contribution >= 4 is 15.7 Å². The summed E-state index contributed by atoms with van der Waals surface area (Å²) in [4.78, 5) is 10.1. The number of fused-ring (bicyclic) bond motifs is 2. The first-order valence-corrected chi connectivity index (χ1v) is 8.30. The second-order valence-corrected chi connectivity index (χ2v) is 7.38. The molecule has 8 heteroatoms. The number of hydrogen-bond acceptors (Lipinski definition) is 5. The number of nitro groups is 1. The SMILES string of the molecule is O=[N+]([O-])c1ccccc1S(=O)(=O)N1C2CCC1CC(O)C2. The van der Waals surface area contributed by atoms with E-state index < -0.39 is 26.7 Å². The molecule has 0 radical (unpaired) electrons. The molecule has 2 bridgehead atoms. The third-order valence-corrected chi connectivity index (χ3v) is 6.31. The van der Waals surface area contributed by atoms with Gasteiger partial charge in [-0.1, -0.05) is 12.1 Å². The minimum Gasteiger partial charge on any atom is -0.393 e. The Balaban J connectivity index is 2.05. The lowest BCUT2D eigenvalue weighted by Gasteiger charge is -2.35. The van der Waals surface area contributed by atoms with Gasteiger partial charge in [-0.2, -0.15) is 4.31 Å². The number of nitro benzene ring substituents is 1. The number of nitrogens with zero attached hydrogens (tertiary/aromatic N) is 2. The van der Waals surface area contributed by atoms with Gasteiger partial charge < -0.3 is 5.11 Å². The fourth-order valence-corrected chi connectivity index (χ4v) is 5.49. The quantitative estimate of drug-likeness (QED) is 0.669. The molecule has 1 N–H and O–H groups in total. The number of piperidine rings is 1. The molecule has 2 fully saturated rings. The number of hydrogen-bond donors (Lipinski definition) is 1. The molecular weight excluding hydrogens is 296 g/mol. The van der Waals surface area contributed by atoms with Gasteiger partial charge in [-0.05, 0) is 31.7 Å². The molecular formula is C13H16N2O5S. The summed E-state index contributed by atoms with van der Waals surface area (Å²) in [7, 11) is -3.92. The van der Waals surface area contributed by atoms with Crippen LogP contribution in [0.1, 0.15) is 25.7 Å². The first-order chi connectivity index (χ1) is 9.91. The molecule has 2 heterocycles. The van der Waals surface area contributed by atoms with E-state index in [-0.39, 0.29) is 17.0 Å². The minimum atomic E-state index is -3.92. The van der Waals surface area contributed by atoms with Gasteiger partial charge in [0.2, 0.25) is 10.0 Å². The number of benzene rings is 1. The summed E-state index contributed by atoms with van der Waals surface area (Å²) in [5, 5.41) is 20.8. The largest absolute Gasteiger partial charge is 0.393 e. The number of sulfonamides is 1. The summed E-state index contributed by atoms with van der Waals surface area (Å²) in [6, 6.07) is 4.89. The van der Waals surface area contributed by atoms with Crippen LogP contribution >= 0.6 is 0 Å². The Labute approximate surface area is 122 Å². The number of para-hydroxylation sites is 1. The molecule has 0 saturated carbocycles. The standard InChI is InChI=1S/C13H16N2O5S/c16-11-7-9-5-6-10(8-11)14(9)21(19,20)13-4-2-1-3-12(13)15(17)18/h1-4,9-11,16H,5-8H2. The topological polar surface area (TPSA) is 101 Å². The van der Waals surface area contributed by atoms with Gasteiger partial charge in [0.05, 0.1) is 11.0 Å². The zero-order chi connectivity index (χ0) is 15.2. The second kappa shape index (κ2) is 5.04. The molecule has 7 nitrogen and oxygen atoms in total. The summed E-state index contributed by atoms with van der Waals surface area (Å²) in [5.74, 6) is 0. The highest BCUT2D eigenvalue weighted by atomic mass is 32.2. The van der Waals surface area contributed by atoms with E-state index in [9.17, 15) is 23.6 Å². The maximum atomic E-state index is 12.8. The fraction of sp³-hybridized carbons (Fsp3) is 0.538. The number of aliphatic hydroxyl groups excluding tert-OH is 1. The van der Waals surface area contributed by atoms with Crippen molar-refractivity contribution in [1.82, 2.24) is 4.31 Å². The van der Waals surface area contributed by atoms with Crippen molar-refractivity contribution in [2.75, 3.05) is 0 Å². The van der Waals surface area contributed by atoms with E-state index in [4.69, 9.17) is 0 Å². The molecule has 114 valence electrons. The lowest BCUT2D eigenvalue weighted by atomic mass is 10.0. The molecule has 2 atom stereocenters. The van der Waals surface area contributed by atoms with E-state index in [0.717, 1.165) is 0 Å². The van der Waals surface area contributed by atoms with Crippen molar-refractivity contribution in [3.63, 3.8) is 0 Å². The highest BCUT2D eigenvalue weighted by Crippen LogP contribution is 2.41. The smallest absolute Gasteiger partial charge is 0.289 e. The van der Waals surface area contributed by atoms with Gasteiger partial charge in [-0.15, -0.1) is 0 Å². The number of rotatable bonds is 3. The van der Waals surface area contributed by atoms with Gasteiger partial charge >= 0.3 is 0 Å². The Morgan fingerprint density at radius 2 is 1.76 bits per heavy atom. The zero-order valence-electron chi connectivity index (χ0n) is 11.3. The van der Waals surface area contributed by atoms with E-state index in [1.54, 1.807) is 0 Å². The van der Waals surface area contributed by atoms with Crippen LogP contribution < -0.4 is 0 Å². The molecule has 1 aromatic carbocycles. The van der Waals surface area contributed by atoms with Crippen molar-refractivity contribution in [3.05, 3.63) is 34.4 Å². The maximum absolute atomic E-state index is 12.8. The van der Waals surface area contributed by atoms with Crippen molar-refractivity contribution < 1.29 is 18.4 Å². The monoisotopic (exact) mass is 312 g/mol. The Kier molecular flexibility index (Phi) is 3.46. The van der Waals surface area contributed by atoms with E-state index in [1.165, 1.54) is 28.6 Å². The van der Waals surface area contributed by atoms with Gasteiger partial charge in [0.25, 0.3) is 5.69 Å². The van der Waals surface area contributed by atoms with Crippen LogP contribution in [0.3, 0.4) is 0 Å². The fourth-order valence-electron chi connectivity index (χ4n) is 3.44. The van der Waals surface area contributed by atoms with Crippen LogP contribution in [0.4, 0.5) is 5.69 Å². The third-order valence-electron chi connectivity index (χ3n) is 4.26. The maximum Gasteiger partial charge on any atom is 0.289 e. The highest BCUT2D eigenvalue weighted by Gasteiger charge is 2.48. The zero-order valence-corrected chi connectivity index (χ0v) is 12.1. The third kappa shape index (κ3) is 2.33. The Morgan fingerprint density at radius 1 is 1.19 bits per heavy atom. The molecule has 0 amide bonds. The summed E-state index contributed by atoms with van der Waals surface area (Å²) < 4.78 is 27.0. The predicted molar refractivity (Wildman–Crippen MR) is 74.2 cm³/mol. The van der Waals surface area contributed by atoms with E-state index in [2.05, 4.69) is 0 Å². The second-order valence-electron chi connectivity index (χ2n) is 5.57. The molecule has 3 rings (SSSR count). The Bertz CT molecular complexity index is 661. The minimum absolute atomic E-state index is 0.261. The van der Waals surface area contributed by atoms with Crippen LogP contribution in [0.25, 0.3) is 0 Å². The Hall–Kier alpha value is -1.51. The molecule has 0 spiro atoms. The van der Waals surface area contributed by atoms with Crippen molar-refractivity contribution in [3.8, 4) is 0 Å². The first-order valence-electron chi connectivity index (χ1n) is 6.86. The molecule has 2 aliphatic heterocycles. The summed E-state index contributed by atoms with van der Waals surface area (Å²) in [5.41, 5.74) is -0.400. The molecule has 2 unspecified atom stereocenters. The van der Waals surface area contributed by atoms with Crippen LogP contribution in [-0.4, -0.2) is 40.9 Å². The number of aliphatic hydroxyl groups is 1. The summed E-state index contributed by atoms with van der Waals surface area (Å²) >= 11 is 0. The molecule has 1 aromatic rings. The van der Waals surface area contributed by atoms with E-state index in [0.29, 0.717) is 25.7 Å². The first kappa shape index (κ1) is 14.4. The molecule has 21 heavy (non-hydrogen) atoms. The Morgan fingerprint density at radius 3 is 2.33 bits per heavy atom. The van der Waals surface area contributed by atoms with Gasteiger partial charge in [0, 0.05) is 18.2 Å². The molecule has 0 aliphatic carbocycles. The summed E-state index contributed by atoms with van der Waals surface area (Å²) in [6.07, 6.45) is 1.70. The van der Waals surface area contributed by atoms with Crippen molar-refractivity contribution in [2.45, 2.75) is 48.8 Å². The average Bonchev–Trinajstić information content (AvgIpc) is 2.72. The molecule has 2 saturated heterocycles. The van der Waals surface area contributed by atoms with Gasteiger partial charge in [0.1, 0.15) is 0 Å². The lowest BCUT2D eigenvalue weighted by molar-refractivity contribution is -0.387. The van der Waals surface area contributed by atoms with Crippen LogP contribution in [0.15, 0.2) is 29.2 Å². The lowest BCUT2D eigenvalue weighted by Crippen LogP contribution is -2.47.